The van der Waals surface area contributed by atoms with E-state index in [0.717, 1.165) is 11.3 Å². The van der Waals surface area contributed by atoms with Crippen molar-refractivity contribution in [2.45, 2.75) is 32.4 Å². The van der Waals surface area contributed by atoms with E-state index in [0.29, 0.717) is 0 Å². The predicted octanol–water partition coefficient (Wildman–Crippen LogP) is 2.36. The second-order valence-corrected chi connectivity index (χ2v) is 5.73. The van der Waals surface area contributed by atoms with Crippen LogP contribution in [0.2, 0.25) is 0 Å². The van der Waals surface area contributed by atoms with Crippen LogP contribution in [0.1, 0.15) is 32.4 Å². The third-order valence-corrected chi connectivity index (χ3v) is 3.04. The van der Waals surface area contributed by atoms with E-state index in [9.17, 15) is 4.79 Å². The van der Waals surface area contributed by atoms with Crippen LogP contribution in [0.4, 0.5) is 5.69 Å². The molecule has 0 aliphatic rings. The summed E-state index contributed by atoms with van der Waals surface area (Å²) in [6.45, 7) is 6.17. The number of anilines is 1. The molecule has 0 amide bonds. The van der Waals surface area contributed by atoms with Gasteiger partial charge >= 0.3 is 5.97 Å². The van der Waals surface area contributed by atoms with E-state index in [2.05, 4.69) is 36.2 Å². The van der Waals surface area contributed by atoms with Crippen molar-refractivity contribution in [2.75, 3.05) is 12.4 Å². The Morgan fingerprint density at radius 3 is 2.67 bits per heavy atom. The van der Waals surface area contributed by atoms with Gasteiger partial charge in [-0.05, 0) is 26.8 Å². The van der Waals surface area contributed by atoms with Gasteiger partial charge in [0.25, 0.3) is 0 Å². The first-order valence-electron chi connectivity index (χ1n) is 6.71. The predicted molar refractivity (Wildman–Crippen MR) is 79.8 cm³/mol. The molecule has 21 heavy (non-hydrogen) atoms. The highest BCUT2D eigenvalue weighted by atomic mass is 16.5. The molecular weight excluding hydrogens is 268 g/mol. The highest BCUT2D eigenvalue weighted by molar-refractivity contribution is 5.80. The van der Waals surface area contributed by atoms with Crippen molar-refractivity contribution < 1.29 is 9.53 Å². The first kappa shape index (κ1) is 15.0. The van der Waals surface area contributed by atoms with E-state index in [1.54, 1.807) is 24.7 Å². The molecule has 0 aliphatic carbocycles. The number of carbonyl (C=O) groups is 1. The highest BCUT2D eigenvalue weighted by Crippen LogP contribution is 2.22. The SMILES string of the molecule is COC(=O)[C@H](Nc1cnn(C(C)(C)C)c1)c1cccnc1. The zero-order valence-corrected chi connectivity index (χ0v) is 12.7. The Labute approximate surface area is 124 Å². The molecule has 1 N–H and O–H groups in total. The van der Waals surface area contributed by atoms with Gasteiger partial charge in [-0.25, -0.2) is 4.79 Å². The molecule has 6 nitrogen and oxygen atoms in total. The zero-order chi connectivity index (χ0) is 15.5. The Bertz CT molecular complexity index is 602. The summed E-state index contributed by atoms with van der Waals surface area (Å²) in [5.41, 5.74) is 1.38. The molecule has 2 aromatic heterocycles. The van der Waals surface area contributed by atoms with Gasteiger partial charge in [0.15, 0.2) is 6.04 Å². The summed E-state index contributed by atoms with van der Waals surface area (Å²) in [7, 11) is 1.37. The number of carbonyl (C=O) groups excluding carboxylic acids is 1. The minimum atomic E-state index is -0.610. The van der Waals surface area contributed by atoms with Crippen LogP contribution in [0.3, 0.4) is 0 Å². The van der Waals surface area contributed by atoms with E-state index in [-0.39, 0.29) is 11.5 Å². The summed E-state index contributed by atoms with van der Waals surface area (Å²) >= 11 is 0. The van der Waals surface area contributed by atoms with Crippen molar-refractivity contribution in [3.05, 3.63) is 42.5 Å². The lowest BCUT2D eigenvalue weighted by Gasteiger charge is -2.19. The van der Waals surface area contributed by atoms with E-state index < -0.39 is 6.04 Å². The van der Waals surface area contributed by atoms with Crippen molar-refractivity contribution in [1.29, 1.82) is 0 Å². The van der Waals surface area contributed by atoms with Crippen molar-refractivity contribution in [3.8, 4) is 0 Å². The lowest BCUT2D eigenvalue weighted by atomic mass is 10.1. The van der Waals surface area contributed by atoms with E-state index in [1.807, 2.05) is 16.9 Å². The fourth-order valence-corrected chi connectivity index (χ4v) is 1.87. The number of pyridine rings is 1. The van der Waals surface area contributed by atoms with Crippen molar-refractivity contribution in [1.82, 2.24) is 14.8 Å². The number of aromatic nitrogens is 3. The molecule has 0 aliphatic heterocycles. The number of esters is 1. The van der Waals surface area contributed by atoms with E-state index >= 15 is 0 Å². The number of rotatable bonds is 4. The lowest BCUT2D eigenvalue weighted by Crippen LogP contribution is -2.23. The molecule has 0 unspecified atom stereocenters. The highest BCUT2D eigenvalue weighted by Gasteiger charge is 2.23. The van der Waals surface area contributed by atoms with Gasteiger partial charge in [0.2, 0.25) is 0 Å². The van der Waals surface area contributed by atoms with Gasteiger partial charge in [0.05, 0.1) is 24.5 Å². The molecule has 2 heterocycles. The summed E-state index contributed by atoms with van der Waals surface area (Å²) in [6, 6.07) is 3.00. The molecular formula is C15H20N4O2. The van der Waals surface area contributed by atoms with Gasteiger partial charge in [-0.3, -0.25) is 9.67 Å². The number of nitrogens with one attached hydrogen (secondary N) is 1. The summed E-state index contributed by atoms with van der Waals surface area (Å²) in [5, 5.41) is 7.45. The number of methoxy groups -OCH3 is 1. The van der Waals surface area contributed by atoms with Gasteiger partial charge < -0.3 is 10.1 Å². The molecule has 0 aromatic carbocycles. The quantitative estimate of drug-likeness (QED) is 0.875. The Hall–Kier alpha value is -2.37. The summed E-state index contributed by atoms with van der Waals surface area (Å²) in [4.78, 5) is 16.0. The standard InChI is InChI=1S/C15H20N4O2/c1-15(2,3)19-10-12(9-17-19)18-13(14(20)21-4)11-6-5-7-16-8-11/h5-10,13,18H,1-4H3/t13-/m1/s1. The second-order valence-electron chi connectivity index (χ2n) is 5.73. The molecule has 6 heteroatoms. The van der Waals surface area contributed by atoms with Gasteiger partial charge in [-0.2, -0.15) is 5.10 Å². The van der Waals surface area contributed by atoms with Crippen molar-refractivity contribution in [3.63, 3.8) is 0 Å². The molecule has 0 spiro atoms. The van der Waals surface area contributed by atoms with Crippen molar-refractivity contribution >= 4 is 11.7 Å². The molecule has 1 atom stereocenters. The molecule has 0 saturated heterocycles. The van der Waals surface area contributed by atoms with Crippen LogP contribution in [-0.4, -0.2) is 27.8 Å². The maximum absolute atomic E-state index is 12.0. The van der Waals surface area contributed by atoms with Crippen LogP contribution >= 0.6 is 0 Å². The maximum atomic E-state index is 12.0. The van der Waals surface area contributed by atoms with E-state index in [4.69, 9.17) is 4.74 Å². The number of hydrogen-bond donors (Lipinski definition) is 1. The summed E-state index contributed by atoms with van der Waals surface area (Å²) in [6.07, 6.45) is 6.86. The smallest absolute Gasteiger partial charge is 0.333 e. The van der Waals surface area contributed by atoms with E-state index in [1.165, 1.54) is 7.11 Å². The van der Waals surface area contributed by atoms with Crippen LogP contribution in [0, 0.1) is 0 Å². The third-order valence-electron chi connectivity index (χ3n) is 3.04. The third kappa shape index (κ3) is 3.59. The van der Waals surface area contributed by atoms with Crippen LogP contribution in [0.15, 0.2) is 36.9 Å². The Balaban J connectivity index is 2.24. The van der Waals surface area contributed by atoms with Crippen molar-refractivity contribution in [2.24, 2.45) is 0 Å². The number of nitrogens with zero attached hydrogens (tertiary/aromatic N) is 3. The topological polar surface area (TPSA) is 69.0 Å². The second kappa shape index (κ2) is 5.95. The fourth-order valence-electron chi connectivity index (χ4n) is 1.87. The average Bonchev–Trinajstić information content (AvgIpc) is 2.93. The van der Waals surface area contributed by atoms with Crippen LogP contribution in [0.25, 0.3) is 0 Å². The summed E-state index contributed by atoms with van der Waals surface area (Å²) in [5.74, 6) is -0.369. The van der Waals surface area contributed by atoms with Gasteiger partial charge in [-0.1, -0.05) is 6.07 Å². The number of hydrogen-bond acceptors (Lipinski definition) is 5. The first-order chi connectivity index (χ1) is 9.91. The maximum Gasteiger partial charge on any atom is 0.333 e. The zero-order valence-electron chi connectivity index (χ0n) is 12.7. The van der Waals surface area contributed by atoms with Crippen LogP contribution in [0.5, 0.6) is 0 Å². The Morgan fingerprint density at radius 2 is 2.14 bits per heavy atom. The Morgan fingerprint density at radius 1 is 1.38 bits per heavy atom. The molecule has 0 radical (unpaired) electrons. The largest absolute Gasteiger partial charge is 0.467 e. The number of ether oxygens (including phenoxy) is 1. The fraction of sp³-hybridized carbons (Fsp3) is 0.400. The molecule has 0 saturated carbocycles. The van der Waals surface area contributed by atoms with Gasteiger partial charge in [0, 0.05) is 24.2 Å². The van der Waals surface area contributed by atoms with Crippen LogP contribution in [-0.2, 0) is 15.1 Å². The molecule has 0 bridgehead atoms. The molecule has 2 aromatic rings. The monoisotopic (exact) mass is 288 g/mol. The minimum absolute atomic E-state index is 0.116. The lowest BCUT2D eigenvalue weighted by molar-refractivity contribution is -0.141. The summed E-state index contributed by atoms with van der Waals surface area (Å²) < 4.78 is 6.70. The van der Waals surface area contributed by atoms with Gasteiger partial charge in [0.1, 0.15) is 0 Å². The average molecular weight is 288 g/mol. The normalized spacial score (nSPS) is 12.8. The Kier molecular flexibility index (Phi) is 4.26. The van der Waals surface area contributed by atoms with Gasteiger partial charge in [-0.15, -0.1) is 0 Å². The molecule has 0 fully saturated rings. The van der Waals surface area contributed by atoms with Crippen LogP contribution < -0.4 is 5.32 Å². The minimum Gasteiger partial charge on any atom is -0.467 e. The molecule has 2 rings (SSSR count). The first-order valence-corrected chi connectivity index (χ1v) is 6.71. The molecule has 112 valence electrons.